The number of aromatic nitrogens is 5. The monoisotopic (exact) mass is 376 g/mol. The first-order valence-corrected chi connectivity index (χ1v) is 9.76. The maximum absolute atomic E-state index is 12.2. The van der Waals surface area contributed by atoms with Crippen molar-refractivity contribution in [2.45, 2.75) is 38.6 Å². The molecule has 28 heavy (non-hydrogen) atoms. The third-order valence-corrected chi connectivity index (χ3v) is 5.07. The summed E-state index contributed by atoms with van der Waals surface area (Å²) in [6.07, 6.45) is 8.49. The molecule has 0 radical (unpaired) electrons. The van der Waals surface area contributed by atoms with Crippen molar-refractivity contribution in [2.24, 2.45) is 0 Å². The zero-order chi connectivity index (χ0) is 19.3. The predicted octanol–water partition coefficient (Wildman–Crippen LogP) is 2.56. The smallest absolute Gasteiger partial charge is 0.251 e. The lowest BCUT2D eigenvalue weighted by molar-refractivity contribution is 0.198. The third kappa shape index (κ3) is 4.31. The number of nitrogens with zero attached hydrogens (tertiary/aromatic N) is 5. The number of aromatic amines is 1. The minimum atomic E-state index is -0.133. The summed E-state index contributed by atoms with van der Waals surface area (Å²) in [5.74, 6) is 1.63. The molecule has 144 valence electrons. The summed E-state index contributed by atoms with van der Waals surface area (Å²) >= 11 is 0. The lowest BCUT2D eigenvalue weighted by atomic mass is 9.94. The van der Waals surface area contributed by atoms with E-state index < -0.39 is 0 Å². The van der Waals surface area contributed by atoms with Crippen LogP contribution in [0.1, 0.15) is 42.8 Å². The Morgan fingerprint density at radius 1 is 1.21 bits per heavy atom. The fourth-order valence-corrected chi connectivity index (χ4v) is 3.65. The minimum Gasteiger partial charge on any atom is -0.305 e. The SMILES string of the molecule is CCc1ncc(CN2CCC[C@H](c3cc(=O)[nH]c(-c4ccccn4)n3)C2)cn1. The van der Waals surface area contributed by atoms with E-state index in [0.29, 0.717) is 11.5 Å². The average Bonchev–Trinajstić information content (AvgIpc) is 2.75. The van der Waals surface area contributed by atoms with Gasteiger partial charge in [0.2, 0.25) is 0 Å². The molecule has 0 aliphatic carbocycles. The van der Waals surface area contributed by atoms with E-state index >= 15 is 0 Å². The van der Waals surface area contributed by atoms with Crippen LogP contribution in [0, 0.1) is 0 Å². The number of piperidine rings is 1. The maximum atomic E-state index is 12.2. The number of nitrogens with one attached hydrogen (secondary N) is 1. The van der Waals surface area contributed by atoms with Crippen LogP contribution in [0.25, 0.3) is 11.5 Å². The molecule has 4 rings (SSSR count). The Morgan fingerprint density at radius 3 is 2.82 bits per heavy atom. The molecule has 1 aliphatic rings. The molecule has 7 heteroatoms. The molecule has 1 fully saturated rings. The standard InChI is InChI=1S/C21H24N6O/c1-2-19-23-11-15(12-24-19)13-27-9-5-6-16(14-27)18-10-20(28)26-21(25-18)17-7-3-4-8-22-17/h3-4,7-8,10-12,16H,2,5-6,9,13-14H2,1H3,(H,25,26,28)/t16-/m0/s1. The minimum absolute atomic E-state index is 0.133. The second kappa shape index (κ2) is 8.39. The predicted molar refractivity (Wildman–Crippen MR) is 107 cm³/mol. The van der Waals surface area contributed by atoms with Crippen molar-refractivity contribution in [3.05, 3.63) is 70.3 Å². The highest BCUT2D eigenvalue weighted by Gasteiger charge is 2.23. The molecule has 0 saturated carbocycles. The molecule has 4 heterocycles. The van der Waals surface area contributed by atoms with Gasteiger partial charge in [-0.2, -0.15) is 0 Å². The van der Waals surface area contributed by atoms with Gasteiger partial charge in [-0.3, -0.25) is 14.7 Å². The molecular weight excluding hydrogens is 352 g/mol. The van der Waals surface area contributed by atoms with E-state index in [0.717, 1.165) is 56.0 Å². The van der Waals surface area contributed by atoms with Gasteiger partial charge >= 0.3 is 0 Å². The van der Waals surface area contributed by atoms with Crippen molar-refractivity contribution < 1.29 is 0 Å². The largest absolute Gasteiger partial charge is 0.305 e. The molecule has 0 spiro atoms. The van der Waals surface area contributed by atoms with Crippen LogP contribution in [0.3, 0.4) is 0 Å². The number of aryl methyl sites for hydroxylation is 1. The number of likely N-dealkylation sites (tertiary alicyclic amines) is 1. The highest BCUT2D eigenvalue weighted by molar-refractivity contribution is 5.48. The van der Waals surface area contributed by atoms with E-state index in [2.05, 4.69) is 31.8 Å². The van der Waals surface area contributed by atoms with Gasteiger partial charge in [0.05, 0.1) is 5.69 Å². The fourth-order valence-electron chi connectivity index (χ4n) is 3.65. The number of pyridine rings is 1. The van der Waals surface area contributed by atoms with Crippen LogP contribution in [0.5, 0.6) is 0 Å². The summed E-state index contributed by atoms with van der Waals surface area (Å²) in [7, 11) is 0. The molecule has 1 atom stereocenters. The second-order valence-electron chi connectivity index (χ2n) is 7.17. The van der Waals surface area contributed by atoms with Crippen LogP contribution < -0.4 is 5.56 Å². The van der Waals surface area contributed by atoms with Gasteiger partial charge in [-0.05, 0) is 31.5 Å². The normalized spacial score (nSPS) is 17.5. The molecule has 1 aliphatic heterocycles. The quantitative estimate of drug-likeness (QED) is 0.736. The van der Waals surface area contributed by atoms with E-state index in [1.54, 1.807) is 12.3 Å². The third-order valence-electron chi connectivity index (χ3n) is 5.07. The maximum Gasteiger partial charge on any atom is 0.251 e. The van der Waals surface area contributed by atoms with Gasteiger partial charge < -0.3 is 4.98 Å². The van der Waals surface area contributed by atoms with E-state index in [9.17, 15) is 4.79 Å². The summed E-state index contributed by atoms with van der Waals surface area (Å²) in [5.41, 5.74) is 2.51. The first kappa shape index (κ1) is 18.4. The van der Waals surface area contributed by atoms with Crippen molar-refractivity contribution in [3.63, 3.8) is 0 Å². The second-order valence-corrected chi connectivity index (χ2v) is 7.17. The number of rotatable bonds is 5. The Hall–Kier alpha value is -2.93. The van der Waals surface area contributed by atoms with Gasteiger partial charge in [-0.25, -0.2) is 15.0 Å². The molecule has 3 aromatic rings. The van der Waals surface area contributed by atoms with Crippen molar-refractivity contribution >= 4 is 0 Å². The van der Waals surface area contributed by atoms with Gasteiger partial charge in [0.15, 0.2) is 5.82 Å². The van der Waals surface area contributed by atoms with Crippen LogP contribution in [0.2, 0.25) is 0 Å². The Labute approximate surface area is 163 Å². The lowest BCUT2D eigenvalue weighted by Gasteiger charge is -2.32. The molecule has 3 aromatic heterocycles. The molecule has 0 bridgehead atoms. The molecule has 0 unspecified atom stereocenters. The van der Waals surface area contributed by atoms with Crippen LogP contribution >= 0.6 is 0 Å². The Kier molecular flexibility index (Phi) is 5.53. The summed E-state index contributed by atoms with van der Waals surface area (Å²) in [6.45, 7) is 4.77. The number of hydrogen-bond donors (Lipinski definition) is 1. The van der Waals surface area contributed by atoms with Crippen molar-refractivity contribution in [3.8, 4) is 11.5 Å². The van der Waals surface area contributed by atoms with Crippen LogP contribution in [-0.2, 0) is 13.0 Å². The fraction of sp³-hybridized carbons (Fsp3) is 0.381. The Balaban J connectivity index is 1.51. The summed E-state index contributed by atoms with van der Waals surface area (Å²) in [6, 6.07) is 7.22. The molecule has 1 N–H and O–H groups in total. The molecule has 0 aromatic carbocycles. The summed E-state index contributed by atoms with van der Waals surface area (Å²) in [4.78, 5) is 35.2. The summed E-state index contributed by atoms with van der Waals surface area (Å²) < 4.78 is 0. The van der Waals surface area contributed by atoms with Crippen molar-refractivity contribution in [1.82, 2.24) is 29.8 Å². The highest BCUT2D eigenvalue weighted by atomic mass is 16.1. The van der Waals surface area contributed by atoms with Gasteiger partial charge in [0.1, 0.15) is 11.5 Å². The van der Waals surface area contributed by atoms with Gasteiger partial charge in [0, 0.05) is 55.6 Å². The Bertz CT molecular complexity index is 970. The van der Waals surface area contributed by atoms with Crippen LogP contribution in [0.15, 0.2) is 47.7 Å². The highest BCUT2D eigenvalue weighted by Crippen LogP contribution is 2.26. The zero-order valence-electron chi connectivity index (χ0n) is 16.0. The van der Waals surface area contributed by atoms with Crippen molar-refractivity contribution in [2.75, 3.05) is 13.1 Å². The van der Waals surface area contributed by atoms with Gasteiger partial charge in [-0.15, -0.1) is 0 Å². The zero-order valence-corrected chi connectivity index (χ0v) is 16.0. The van der Waals surface area contributed by atoms with E-state index in [1.807, 2.05) is 30.6 Å². The number of hydrogen-bond acceptors (Lipinski definition) is 6. The lowest BCUT2D eigenvalue weighted by Crippen LogP contribution is -2.34. The molecule has 1 saturated heterocycles. The molecular formula is C21H24N6O. The first-order valence-electron chi connectivity index (χ1n) is 9.76. The van der Waals surface area contributed by atoms with E-state index in [4.69, 9.17) is 4.98 Å². The van der Waals surface area contributed by atoms with E-state index in [1.165, 1.54) is 0 Å². The first-order chi connectivity index (χ1) is 13.7. The van der Waals surface area contributed by atoms with Crippen molar-refractivity contribution in [1.29, 1.82) is 0 Å². The molecule has 0 amide bonds. The Morgan fingerprint density at radius 2 is 2.07 bits per heavy atom. The van der Waals surface area contributed by atoms with Gasteiger partial charge in [0.25, 0.3) is 5.56 Å². The van der Waals surface area contributed by atoms with Crippen LogP contribution in [-0.4, -0.2) is 42.9 Å². The van der Waals surface area contributed by atoms with Gasteiger partial charge in [-0.1, -0.05) is 13.0 Å². The topological polar surface area (TPSA) is 87.7 Å². The molecule has 7 nitrogen and oxygen atoms in total. The number of H-pyrrole nitrogens is 1. The summed E-state index contributed by atoms with van der Waals surface area (Å²) in [5, 5.41) is 0. The van der Waals surface area contributed by atoms with E-state index in [-0.39, 0.29) is 11.5 Å². The average molecular weight is 376 g/mol. The van der Waals surface area contributed by atoms with Crippen LogP contribution in [0.4, 0.5) is 0 Å².